The molecule has 124 valence electrons. The van der Waals surface area contributed by atoms with Crippen LogP contribution in [0.25, 0.3) is 11.6 Å². The van der Waals surface area contributed by atoms with Gasteiger partial charge in [-0.2, -0.15) is 0 Å². The number of rotatable bonds is 4. The highest BCUT2D eigenvalue weighted by atomic mass is 35.5. The molecule has 5 nitrogen and oxygen atoms in total. The summed E-state index contributed by atoms with van der Waals surface area (Å²) in [7, 11) is 4.67. The van der Waals surface area contributed by atoms with Crippen LogP contribution in [0.3, 0.4) is 0 Å². The number of carbonyl (C=O) groups excluding carboxylic acids is 1. The summed E-state index contributed by atoms with van der Waals surface area (Å²) in [5, 5.41) is 3.37. The van der Waals surface area contributed by atoms with E-state index in [2.05, 4.69) is 5.32 Å². The number of benzene rings is 2. The van der Waals surface area contributed by atoms with Gasteiger partial charge in [0.25, 0.3) is 5.91 Å². The van der Waals surface area contributed by atoms with E-state index in [-0.39, 0.29) is 5.91 Å². The van der Waals surface area contributed by atoms with Crippen molar-refractivity contribution in [3.8, 4) is 17.2 Å². The molecule has 0 saturated carbocycles. The Morgan fingerprint density at radius 2 is 1.67 bits per heavy atom. The molecule has 1 aliphatic heterocycles. The molecule has 6 heteroatoms. The first-order chi connectivity index (χ1) is 11.6. The smallest absolute Gasteiger partial charge is 0.256 e. The number of hydrogen-bond donors (Lipinski definition) is 1. The van der Waals surface area contributed by atoms with Gasteiger partial charge >= 0.3 is 0 Å². The van der Waals surface area contributed by atoms with Gasteiger partial charge < -0.3 is 19.5 Å². The van der Waals surface area contributed by atoms with E-state index in [1.165, 1.54) is 0 Å². The Hall–Kier alpha value is -2.66. The minimum Gasteiger partial charge on any atom is -0.496 e. The number of hydrogen-bond acceptors (Lipinski definition) is 4. The number of ether oxygens (including phenoxy) is 3. The van der Waals surface area contributed by atoms with Gasteiger partial charge in [-0.05, 0) is 18.2 Å². The molecule has 0 atom stereocenters. The average molecular weight is 346 g/mol. The van der Waals surface area contributed by atoms with Crippen molar-refractivity contribution in [1.29, 1.82) is 0 Å². The zero-order valence-electron chi connectivity index (χ0n) is 13.5. The molecule has 0 spiro atoms. The van der Waals surface area contributed by atoms with Crippen LogP contribution < -0.4 is 19.5 Å². The predicted molar refractivity (Wildman–Crippen MR) is 94.1 cm³/mol. The summed E-state index contributed by atoms with van der Waals surface area (Å²) in [6, 6.07) is 8.76. The van der Waals surface area contributed by atoms with Crippen LogP contribution in [0.2, 0.25) is 5.02 Å². The highest BCUT2D eigenvalue weighted by Gasteiger charge is 2.25. The van der Waals surface area contributed by atoms with Gasteiger partial charge in [0, 0.05) is 28.3 Å². The molecular formula is C18H16ClNO4. The number of nitrogens with one attached hydrogen (secondary N) is 1. The zero-order chi connectivity index (χ0) is 17.3. The molecule has 2 aromatic rings. The fraction of sp³-hybridized carbons (Fsp3) is 0.167. The van der Waals surface area contributed by atoms with Gasteiger partial charge in [0.2, 0.25) is 0 Å². The fourth-order valence-corrected chi connectivity index (χ4v) is 2.80. The SMILES string of the molecule is COc1cc(OC)c(/C=C2/C(=O)Nc3cc(Cl)ccc32)c(OC)c1. The lowest BCUT2D eigenvalue weighted by molar-refractivity contribution is -0.110. The molecule has 3 rings (SSSR count). The van der Waals surface area contributed by atoms with E-state index in [0.717, 1.165) is 5.56 Å². The van der Waals surface area contributed by atoms with E-state index in [4.69, 9.17) is 25.8 Å². The van der Waals surface area contributed by atoms with Crippen molar-refractivity contribution in [1.82, 2.24) is 0 Å². The van der Waals surface area contributed by atoms with Crippen LogP contribution >= 0.6 is 11.6 Å². The third-order valence-electron chi connectivity index (χ3n) is 3.81. The van der Waals surface area contributed by atoms with Crippen LogP contribution in [0.4, 0.5) is 5.69 Å². The minimum atomic E-state index is -0.202. The lowest BCUT2D eigenvalue weighted by Gasteiger charge is -2.13. The molecule has 0 unspecified atom stereocenters. The van der Waals surface area contributed by atoms with Crippen LogP contribution in [0.5, 0.6) is 17.2 Å². The molecule has 1 heterocycles. The molecular weight excluding hydrogens is 330 g/mol. The van der Waals surface area contributed by atoms with Gasteiger partial charge in [-0.3, -0.25) is 4.79 Å². The summed E-state index contributed by atoms with van der Waals surface area (Å²) in [6.07, 6.45) is 1.74. The quantitative estimate of drug-likeness (QED) is 0.855. The Balaban J connectivity index is 2.17. The van der Waals surface area contributed by atoms with Crippen molar-refractivity contribution in [3.05, 3.63) is 46.5 Å². The first-order valence-electron chi connectivity index (χ1n) is 7.20. The van der Waals surface area contributed by atoms with E-state index in [9.17, 15) is 4.79 Å². The molecule has 0 bridgehead atoms. The van der Waals surface area contributed by atoms with Crippen LogP contribution in [-0.4, -0.2) is 27.2 Å². The lowest BCUT2D eigenvalue weighted by atomic mass is 10.0. The van der Waals surface area contributed by atoms with Gasteiger partial charge in [-0.1, -0.05) is 17.7 Å². The average Bonchev–Trinajstić information content (AvgIpc) is 2.89. The third-order valence-corrected chi connectivity index (χ3v) is 4.04. The van der Waals surface area contributed by atoms with Gasteiger partial charge in [-0.15, -0.1) is 0 Å². The summed E-state index contributed by atoms with van der Waals surface area (Å²) in [6.45, 7) is 0. The van der Waals surface area contributed by atoms with Gasteiger partial charge in [0.1, 0.15) is 17.2 Å². The summed E-state index contributed by atoms with van der Waals surface area (Å²) < 4.78 is 16.1. The number of anilines is 1. The van der Waals surface area contributed by atoms with Crippen molar-refractivity contribution in [3.63, 3.8) is 0 Å². The Morgan fingerprint density at radius 3 is 2.25 bits per heavy atom. The standard InChI is InChI=1S/C18H16ClNO4/c1-22-11-7-16(23-2)14(17(8-11)24-3)9-13-12-5-4-10(19)6-15(12)20-18(13)21/h4-9H,1-3H3,(H,20,21)/b13-9+. The summed E-state index contributed by atoms with van der Waals surface area (Å²) in [5.74, 6) is 1.50. The van der Waals surface area contributed by atoms with Gasteiger partial charge in [0.15, 0.2) is 0 Å². The van der Waals surface area contributed by atoms with Crippen molar-refractivity contribution in [2.75, 3.05) is 26.6 Å². The van der Waals surface area contributed by atoms with E-state index in [1.807, 2.05) is 6.07 Å². The number of fused-ring (bicyclic) bond motifs is 1. The number of methoxy groups -OCH3 is 3. The first-order valence-corrected chi connectivity index (χ1v) is 7.58. The zero-order valence-corrected chi connectivity index (χ0v) is 14.2. The van der Waals surface area contributed by atoms with Crippen LogP contribution in [0, 0.1) is 0 Å². The maximum atomic E-state index is 12.3. The Labute approximate surface area is 144 Å². The third kappa shape index (κ3) is 2.78. The Bertz CT molecular complexity index is 820. The van der Waals surface area contributed by atoms with Crippen molar-refractivity contribution >= 4 is 34.8 Å². The monoisotopic (exact) mass is 345 g/mol. The maximum Gasteiger partial charge on any atom is 0.256 e. The van der Waals surface area contributed by atoms with Gasteiger partial charge in [0.05, 0.1) is 32.6 Å². The predicted octanol–water partition coefficient (Wildman–Crippen LogP) is 3.86. The van der Waals surface area contributed by atoms with E-state index in [0.29, 0.717) is 39.1 Å². The number of carbonyl (C=O) groups is 1. The van der Waals surface area contributed by atoms with E-state index in [1.54, 1.807) is 51.7 Å². The molecule has 1 aliphatic rings. The van der Waals surface area contributed by atoms with Gasteiger partial charge in [-0.25, -0.2) is 0 Å². The lowest BCUT2D eigenvalue weighted by Crippen LogP contribution is -2.04. The molecule has 24 heavy (non-hydrogen) atoms. The van der Waals surface area contributed by atoms with Crippen LogP contribution in [0.15, 0.2) is 30.3 Å². The Kier molecular flexibility index (Phi) is 4.36. The number of halogens is 1. The summed E-state index contributed by atoms with van der Waals surface area (Å²) in [5.41, 5.74) is 2.65. The molecule has 1 N–H and O–H groups in total. The minimum absolute atomic E-state index is 0.202. The normalized spacial score (nSPS) is 14.3. The van der Waals surface area contributed by atoms with Crippen LogP contribution in [0.1, 0.15) is 11.1 Å². The molecule has 0 fully saturated rings. The second kappa shape index (κ2) is 6.45. The summed E-state index contributed by atoms with van der Waals surface area (Å²) in [4.78, 5) is 12.3. The molecule has 0 saturated heterocycles. The molecule has 1 amide bonds. The molecule has 2 aromatic carbocycles. The van der Waals surface area contributed by atoms with Crippen molar-refractivity contribution in [2.24, 2.45) is 0 Å². The Morgan fingerprint density at radius 1 is 1.00 bits per heavy atom. The van der Waals surface area contributed by atoms with E-state index < -0.39 is 0 Å². The first kappa shape index (κ1) is 16.2. The van der Waals surface area contributed by atoms with Crippen molar-refractivity contribution < 1.29 is 19.0 Å². The van der Waals surface area contributed by atoms with Crippen molar-refractivity contribution in [2.45, 2.75) is 0 Å². The topological polar surface area (TPSA) is 56.8 Å². The highest BCUT2D eigenvalue weighted by Crippen LogP contribution is 2.40. The molecule has 0 aliphatic carbocycles. The fourth-order valence-electron chi connectivity index (χ4n) is 2.63. The largest absolute Gasteiger partial charge is 0.496 e. The maximum absolute atomic E-state index is 12.3. The number of amides is 1. The second-order valence-corrected chi connectivity index (χ2v) is 5.58. The highest BCUT2D eigenvalue weighted by molar-refractivity contribution is 6.36. The molecule has 0 radical (unpaired) electrons. The summed E-state index contributed by atoms with van der Waals surface area (Å²) >= 11 is 5.98. The molecule has 0 aromatic heterocycles. The van der Waals surface area contributed by atoms with Crippen LogP contribution in [-0.2, 0) is 4.79 Å². The second-order valence-electron chi connectivity index (χ2n) is 5.15. The van der Waals surface area contributed by atoms with E-state index >= 15 is 0 Å².